The molecule has 0 aliphatic carbocycles. The van der Waals surface area contributed by atoms with Gasteiger partial charge in [-0.15, -0.1) is 0 Å². The lowest BCUT2D eigenvalue weighted by Crippen LogP contribution is -2.44. The summed E-state index contributed by atoms with van der Waals surface area (Å²) in [6.07, 6.45) is 2.38. The Morgan fingerprint density at radius 2 is 1.88 bits per heavy atom. The second-order valence-electron chi connectivity index (χ2n) is 9.11. The molecule has 0 spiro atoms. The average molecular weight is 448 g/mol. The Balaban J connectivity index is 1.54. The summed E-state index contributed by atoms with van der Waals surface area (Å²) in [5.41, 5.74) is 5.43. The number of aryl methyl sites for hydroxylation is 2. The molecule has 1 saturated heterocycles. The van der Waals surface area contributed by atoms with Crippen LogP contribution in [0.2, 0.25) is 0 Å². The molecule has 174 valence electrons. The summed E-state index contributed by atoms with van der Waals surface area (Å²) in [5.74, 6) is -0.356. The summed E-state index contributed by atoms with van der Waals surface area (Å²) in [5, 5.41) is 6.47. The first-order valence-corrected chi connectivity index (χ1v) is 11.9. The number of likely N-dealkylation sites (tertiary alicyclic amines) is 1. The van der Waals surface area contributed by atoms with E-state index in [1.165, 1.54) is 11.1 Å². The van der Waals surface area contributed by atoms with Crippen molar-refractivity contribution in [3.05, 3.63) is 70.8 Å². The maximum atomic E-state index is 13.5. The first-order chi connectivity index (χ1) is 15.9. The van der Waals surface area contributed by atoms with E-state index >= 15 is 0 Å². The van der Waals surface area contributed by atoms with Gasteiger partial charge in [0.05, 0.1) is 30.8 Å². The molecule has 0 radical (unpaired) electrons. The molecule has 0 N–H and O–H groups in total. The van der Waals surface area contributed by atoms with E-state index in [4.69, 9.17) is 9.84 Å². The molecule has 6 nitrogen and oxygen atoms in total. The van der Waals surface area contributed by atoms with Crippen LogP contribution in [-0.2, 0) is 14.3 Å². The van der Waals surface area contributed by atoms with E-state index < -0.39 is 0 Å². The Labute approximate surface area is 196 Å². The number of nitrogens with zero attached hydrogens (tertiary/aromatic N) is 3. The SMILES string of the molecule is CCOC(=O)[C@@H]1CCCN(CC(=O)N2N=C(c3cccc(C)c3)C[C@@H]2c2ccc(C)cc2)C1. The van der Waals surface area contributed by atoms with Gasteiger partial charge in [-0.3, -0.25) is 14.5 Å². The maximum Gasteiger partial charge on any atom is 0.310 e. The van der Waals surface area contributed by atoms with Crippen molar-refractivity contribution in [2.45, 2.75) is 46.1 Å². The van der Waals surface area contributed by atoms with Crippen molar-refractivity contribution in [1.29, 1.82) is 0 Å². The molecule has 6 heteroatoms. The van der Waals surface area contributed by atoms with E-state index in [2.05, 4.69) is 61.2 Å². The number of carbonyl (C=O) groups is 2. The maximum absolute atomic E-state index is 13.5. The number of hydrogen-bond acceptors (Lipinski definition) is 5. The molecule has 0 aromatic heterocycles. The highest BCUT2D eigenvalue weighted by Crippen LogP contribution is 2.33. The molecule has 0 saturated carbocycles. The lowest BCUT2D eigenvalue weighted by atomic mass is 9.96. The summed E-state index contributed by atoms with van der Waals surface area (Å²) in [4.78, 5) is 27.8. The second kappa shape index (κ2) is 10.3. The van der Waals surface area contributed by atoms with Crippen molar-refractivity contribution in [1.82, 2.24) is 9.91 Å². The molecular formula is C27H33N3O3. The van der Waals surface area contributed by atoms with Crippen LogP contribution in [0.4, 0.5) is 0 Å². The minimum atomic E-state index is -0.163. The van der Waals surface area contributed by atoms with Gasteiger partial charge in [-0.25, -0.2) is 5.01 Å². The predicted molar refractivity (Wildman–Crippen MR) is 129 cm³/mol. The molecule has 4 rings (SSSR count). The highest BCUT2D eigenvalue weighted by atomic mass is 16.5. The third-order valence-electron chi connectivity index (χ3n) is 6.46. The molecule has 2 aliphatic heterocycles. The third kappa shape index (κ3) is 5.50. The average Bonchev–Trinajstić information content (AvgIpc) is 3.26. The topological polar surface area (TPSA) is 62.2 Å². The van der Waals surface area contributed by atoms with E-state index in [9.17, 15) is 9.59 Å². The van der Waals surface area contributed by atoms with Gasteiger partial charge in [0.1, 0.15) is 0 Å². The van der Waals surface area contributed by atoms with Gasteiger partial charge >= 0.3 is 5.97 Å². The number of ether oxygens (including phenoxy) is 1. The Morgan fingerprint density at radius 3 is 2.61 bits per heavy atom. The second-order valence-corrected chi connectivity index (χ2v) is 9.11. The summed E-state index contributed by atoms with van der Waals surface area (Å²) >= 11 is 0. The van der Waals surface area contributed by atoms with Crippen molar-refractivity contribution < 1.29 is 14.3 Å². The highest BCUT2D eigenvalue weighted by molar-refractivity contribution is 6.03. The lowest BCUT2D eigenvalue weighted by molar-refractivity contribution is -0.150. The number of piperidine rings is 1. The molecule has 0 bridgehead atoms. The van der Waals surface area contributed by atoms with E-state index in [-0.39, 0.29) is 30.4 Å². The smallest absolute Gasteiger partial charge is 0.310 e. The predicted octanol–water partition coefficient (Wildman–Crippen LogP) is 4.26. The van der Waals surface area contributed by atoms with Crippen LogP contribution < -0.4 is 0 Å². The van der Waals surface area contributed by atoms with Crippen LogP contribution in [-0.4, -0.2) is 53.7 Å². The van der Waals surface area contributed by atoms with Gasteiger partial charge in [-0.05, 0) is 51.3 Å². The molecule has 1 fully saturated rings. The fourth-order valence-corrected chi connectivity index (χ4v) is 4.70. The summed E-state index contributed by atoms with van der Waals surface area (Å²) in [6.45, 7) is 7.95. The number of esters is 1. The molecule has 2 aliphatic rings. The first kappa shape index (κ1) is 23.2. The van der Waals surface area contributed by atoms with Gasteiger partial charge < -0.3 is 4.74 Å². The number of carbonyl (C=O) groups excluding carboxylic acids is 2. The van der Waals surface area contributed by atoms with Crippen LogP contribution in [0.5, 0.6) is 0 Å². The molecule has 2 atom stereocenters. The number of hydrogen-bond donors (Lipinski definition) is 0. The van der Waals surface area contributed by atoms with Gasteiger partial charge in [0.2, 0.25) is 0 Å². The molecule has 1 amide bonds. The number of amides is 1. The van der Waals surface area contributed by atoms with E-state index in [0.717, 1.165) is 36.2 Å². The molecule has 2 aromatic rings. The fourth-order valence-electron chi connectivity index (χ4n) is 4.70. The number of hydrazone groups is 1. The van der Waals surface area contributed by atoms with Crippen LogP contribution in [0, 0.1) is 19.8 Å². The quantitative estimate of drug-likeness (QED) is 0.621. The van der Waals surface area contributed by atoms with Gasteiger partial charge in [0.15, 0.2) is 0 Å². The van der Waals surface area contributed by atoms with Gasteiger partial charge in [-0.2, -0.15) is 5.10 Å². The summed E-state index contributed by atoms with van der Waals surface area (Å²) in [6, 6.07) is 16.5. The normalized spacial score (nSPS) is 21.1. The van der Waals surface area contributed by atoms with E-state index in [1.807, 2.05) is 13.0 Å². The molecule has 2 heterocycles. The zero-order valence-electron chi connectivity index (χ0n) is 19.8. The van der Waals surface area contributed by atoms with Crippen molar-refractivity contribution in [3.8, 4) is 0 Å². The van der Waals surface area contributed by atoms with Crippen LogP contribution in [0.25, 0.3) is 0 Å². The van der Waals surface area contributed by atoms with Crippen LogP contribution in [0.1, 0.15) is 54.5 Å². The van der Waals surface area contributed by atoms with Crippen LogP contribution in [0.15, 0.2) is 53.6 Å². The van der Waals surface area contributed by atoms with Crippen molar-refractivity contribution in [2.24, 2.45) is 11.0 Å². The van der Waals surface area contributed by atoms with Crippen LogP contribution >= 0.6 is 0 Å². The Kier molecular flexibility index (Phi) is 7.23. The Hall–Kier alpha value is -2.99. The monoisotopic (exact) mass is 447 g/mol. The summed E-state index contributed by atoms with van der Waals surface area (Å²) < 4.78 is 5.21. The van der Waals surface area contributed by atoms with Gasteiger partial charge in [0.25, 0.3) is 5.91 Å². The zero-order chi connectivity index (χ0) is 23.4. The van der Waals surface area contributed by atoms with Crippen molar-refractivity contribution in [3.63, 3.8) is 0 Å². The van der Waals surface area contributed by atoms with Gasteiger partial charge in [0, 0.05) is 13.0 Å². The number of rotatable bonds is 6. The minimum Gasteiger partial charge on any atom is -0.466 e. The lowest BCUT2D eigenvalue weighted by Gasteiger charge is -2.32. The first-order valence-electron chi connectivity index (χ1n) is 11.9. The Bertz CT molecular complexity index is 1030. The van der Waals surface area contributed by atoms with E-state index in [1.54, 1.807) is 5.01 Å². The van der Waals surface area contributed by atoms with Gasteiger partial charge in [-0.1, -0.05) is 59.7 Å². The number of benzene rings is 2. The zero-order valence-corrected chi connectivity index (χ0v) is 19.8. The highest BCUT2D eigenvalue weighted by Gasteiger charge is 2.35. The minimum absolute atomic E-state index is 0.0345. The Morgan fingerprint density at radius 1 is 1.09 bits per heavy atom. The molecule has 2 aromatic carbocycles. The molecule has 0 unspecified atom stereocenters. The summed E-state index contributed by atoms with van der Waals surface area (Å²) in [7, 11) is 0. The largest absolute Gasteiger partial charge is 0.466 e. The standard InChI is InChI=1S/C27H33N3O3/c1-4-33-27(32)23-9-6-14-29(17-23)18-26(31)30-25(21-12-10-19(2)11-13-21)16-24(28-30)22-8-5-7-20(3)15-22/h5,7-8,10-13,15,23,25H,4,6,9,14,16-18H2,1-3H3/t23-,25-/m1/s1. The van der Waals surface area contributed by atoms with Crippen molar-refractivity contribution in [2.75, 3.05) is 26.2 Å². The molecular weight excluding hydrogens is 414 g/mol. The molecule has 33 heavy (non-hydrogen) atoms. The van der Waals surface area contributed by atoms with Crippen LogP contribution in [0.3, 0.4) is 0 Å². The van der Waals surface area contributed by atoms with E-state index in [0.29, 0.717) is 19.6 Å². The van der Waals surface area contributed by atoms with Crippen molar-refractivity contribution >= 4 is 17.6 Å². The third-order valence-corrected chi connectivity index (χ3v) is 6.46. The fraction of sp³-hybridized carbons (Fsp3) is 0.444.